The number of amides is 2. The van der Waals surface area contributed by atoms with Crippen LogP contribution in [0.1, 0.15) is 39.5 Å². The van der Waals surface area contributed by atoms with Crippen LogP contribution in [0.5, 0.6) is 0 Å². The van der Waals surface area contributed by atoms with E-state index in [-0.39, 0.29) is 18.1 Å². The predicted molar refractivity (Wildman–Crippen MR) is 59.7 cm³/mol. The maximum Gasteiger partial charge on any atom is 0.346 e. The molecule has 2 aliphatic rings. The molecule has 0 radical (unpaired) electrons. The Morgan fingerprint density at radius 1 is 1.40 bits per heavy atom. The number of rotatable bonds is 2. The fourth-order valence-corrected chi connectivity index (χ4v) is 2.78. The number of aliphatic imine (C=N–C) groups is 1. The highest BCUT2D eigenvalue weighted by Gasteiger charge is 2.40. The molecule has 0 saturated heterocycles. The van der Waals surface area contributed by atoms with E-state index in [1.165, 1.54) is 25.7 Å². The van der Waals surface area contributed by atoms with E-state index in [4.69, 9.17) is 5.73 Å². The molecule has 1 aliphatic heterocycles. The number of urea groups is 1. The molecule has 84 valence electrons. The molecule has 4 nitrogen and oxygen atoms in total. The van der Waals surface area contributed by atoms with Gasteiger partial charge in [-0.25, -0.2) is 4.79 Å². The second-order valence-corrected chi connectivity index (χ2v) is 4.81. The first kappa shape index (κ1) is 10.5. The van der Waals surface area contributed by atoms with E-state index in [0.29, 0.717) is 11.8 Å². The monoisotopic (exact) mass is 209 g/mol. The molecule has 1 fully saturated rings. The summed E-state index contributed by atoms with van der Waals surface area (Å²) in [5.74, 6) is 1.06. The van der Waals surface area contributed by atoms with Crippen LogP contribution >= 0.6 is 0 Å². The molecule has 1 atom stereocenters. The number of hydrogen-bond donors (Lipinski definition) is 1. The summed E-state index contributed by atoms with van der Waals surface area (Å²) in [6.45, 7) is 4.04. The Labute approximate surface area is 90.5 Å². The summed E-state index contributed by atoms with van der Waals surface area (Å²) in [5, 5.41) is 0. The molecule has 1 heterocycles. The van der Waals surface area contributed by atoms with Crippen molar-refractivity contribution >= 4 is 11.9 Å². The summed E-state index contributed by atoms with van der Waals surface area (Å²) in [4.78, 5) is 17.4. The van der Waals surface area contributed by atoms with Gasteiger partial charge in [0.2, 0.25) is 0 Å². The Kier molecular flexibility index (Phi) is 2.67. The number of amidine groups is 1. The first-order valence-corrected chi connectivity index (χ1v) is 5.77. The molecular formula is C11H19N3O. The lowest BCUT2D eigenvalue weighted by Crippen LogP contribution is -2.48. The minimum absolute atomic E-state index is 0.0694. The van der Waals surface area contributed by atoms with Gasteiger partial charge in [0.1, 0.15) is 5.84 Å². The highest BCUT2D eigenvalue weighted by Crippen LogP contribution is 2.33. The summed E-state index contributed by atoms with van der Waals surface area (Å²) in [7, 11) is 0. The summed E-state index contributed by atoms with van der Waals surface area (Å²) < 4.78 is 0. The Bertz CT molecular complexity index is 292. The van der Waals surface area contributed by atoms with E-state index in [1.54, 1.807) is 0 Å². The van der Waals surface area contributed by atoms with Crippen LogP contribution in [0.3, 0.4) is 0 Å². The zero-order chi connectivity index (χ0) is 11.0. The van der Waals surface area contributed by atoms with Crippen LogP contribution < -0.4 is 5.73 Å². The van der Waals surface area contributed by atoms with Crippen LogP contribution in [0, 0.1) is 5.92 Å². The number of nitrogens with two attached hydrogens (primary N) is 1. The van der Waals surface area contributed by atoms with Crippen LogP contribution in [-0.4, -0.2) is 28.9 Å². The van der Waals surface area contributed by atoms with Crippen LogP contribution in [0.25, 0.3) is 0 Å². The van der Waals surface area contributed by atoms with Crippen molar-refractivity contribution < 1.29 is 4.79 Å². The lowest BCUT2D eigenvalue weighted by Gasteiger charge is -2.31. The molecule has 2 rings (SSSR count). The first-order chi connectivity index (χ1) is 7.11. The number of hydrogen-bond acceptors (Lipinski definition) is 2. The number of carbonyl (C=O) groups excluding carboxylic acids is 1. The highest BCUT2D eigenvalue weighted by molar-refractivity contribution is 6.03. The normalized spacial score (nSPS) is 27.9. The summed E-state index contributed by atoms with van der Waals surface area (Å²) in [5.41, 5.74) is 5.86. The summed E-state index contributed by atoms with van der Waals surface area (Å²) >= 11 is 0. The molecular weight excluding hydrogens is 190 g/mol. The molecule has 4 heteroatoms. The van der Waals surface area contributed by atoms with E-state index < -0.39 is 0 Å². The lowest BCUT2D eigenvalue weighted by molar-refractivity contribution is 0.171. The Hall–Kier alpha value is -1.06. The van der Waals surface area contributed by atoms with E-state index in [2.05, 4.69) is 4.99 Å². The van der Waals surface area contributed by atoms with E-state index in [9.17, 15) is 4.79 Å². The van der Waals surface area contributed by atoms with Crippen molar-refractivity contribution in [1.82, 2.24) is 4.90 Å². The molecule has 0 aromatic rings. The Morgan fingerprint density at radius 2 is 2.00 bits per heavy atom. The quantitative estimate of drug-likeness (QED) is 0.753. The molecule has 0 bridgehead atoms. The fraction of sp³-hybridized carbons (Fsp3) is 0.818. The van der Waals surface area contributed by atoms with Crippen LogP contribution in [0.2, 0.25) is 0 Å². The molecule has 0 aromatic carbocycles. The standard InChI is InChI=1S/C11H19N3O/c1-7(2)14-9(8-5-3-4-6-8)10(12)13-11(14)15/h7-9H,3-6H2,1-2H3,(H2,12,13,15). The van der Waals surface area contributed by atoms with Gasteiger partial charge in [-0.15, -0.1) is 0 Å². The largest absolute Gasteiger partial charge is 0.385 e. The molecule has 0 aromatic heterocycles. The average Bonchev–Trinajstić information content (AvgIpc) is 2.71. The minimum atomic E-state index is -0.153. The molecule has 1 saturated carbocycles. The molecule has 15 heavy (non-hydrogen) atoms. The van der Waals surface area contributed by atoms with E-state index >= 15 is 0 Å². The third-order valence-corrected chi connectivity index (χ3v) is 3.45. The van der Waals surface area contributed by atoms with Gasteiger partial charge in [-0.1, -0.05) is 12.8 Å². The van der Waals surface area contributed by atoms with Crippen LogP contribution in [-0.2, 0) is 0 Å². The van der Waals surface area contributed by atoms with Crippen molar-refractivity contribution in [3.63, 3.8) is 0 Å². The Balaban J connectivity index is 2.19. The third kappa shape index (κ3) is 1.73. The maximum atomic E-state index is 11.7. The SMILES string of the molecule is CC(C)N1C(=O)N=C(N)C1C1CCCC1. The molecule has 2 N–H and O–H groups in total. The van der Waals surface area contributed by atoms with Crippen molar-refractivity contribution in [2.75, 3.05) is 0 Å². The van der Waals surface area contributed by atoms with Crippen molar-refractivity contribution in [2.24, 2.45) is 16.6 Å². The van der Waals surface area contributed by atoms with Gasteiger partial charge in [0, 0.05) is 6.04 Å². The van der Waals surface area contributed by atoms with Crippen molar-refractivity contribution in [3.05, 3.63) is 0 Å². The topological polar surface area (TPSA) is 58.7 Å². The average molecular weight is 209 g/mol. The predicted octanol–water partition coefficient (Wildman–Crippen LogP) is 1.75. The zero-order valence-corrected chi connectivity index (χ0v) is 9.44. The first-order valence-electron chi connectivity index (χ1n) is 5.77. The van der Waals surface area contributed by atoms with Gasteiger partial charge < -0.3 is 10.6 Å². The molecule has 2 amide bonds. The van der Waals surface area contributed by atoms with Gasteiger partial charge >= 0.3 is 6.03 Å². The molecule has 1 unspecified atom stereocenters. The summed E-state index contributed by atoms with van der Waals surface area (Å²) in [6, 6.07) is 0.104. The van der Waals surface area contributed by atoms with Crippen molar-refractivity contribution in [3.8, 4) is 0 Å². The third-order valence-electron chi connectivity index (χ3n) is 3.45. The highest BCUT2D eigenvalue weighted by atomic mass is 16.2. The van der Waals surface area contributed by atoms with E-state index in [1.807, 2.05) is 18.7 Å². The Morgan fingerprint density at radius 3 is 2.53 bits per heavy atom. The smallest absolute Gasteiger partial charge is 0.346 e. The van der Waals surface area contributed by atoms with Crippen molar-refractivity contribution in [1.29, 1.82) is 0 Å². The van der Waals surface area contributed by atoms with Gasteiger partial charge in [0.25, 0.3) is 0 Å². The zero-order valence-electron chi connectivity index (χ0n) is 9.44. The summed E-state index contributed by atoms with van der Waals surface area (Å²) in [6.07, 6.45) is 4.87. The number of carbonyl (C=O) groups is 1. The van der Waals surface area contributed by atoms with Gasteiger partial charge in [0.15, 0.2) is 0 Å². The van der Waals surface area contributed by atoms with Crippen LogP contribution in [0.15, 0.2) is 4.99 Å². The second kappa shape index (κ2) is 3.83. The number of nitrogens with zero attached hydrogens (tertiary/aromatic N) is 2. The van der Waals surface area contributed by atoms with Gasteiger partial charge in [-0.2, -0.15) is 4.99 Å². The van der Waals surface area contributed by atoms with Gasteiger partial charge in [-0.05, 0) is 32.6 Å². The van der Waals surface area contributed by atoms with Crippen molar-refractivity contribution in [2.45, 2.75) is 51.6 Å². The molecule has 0 spiro atoms. The second-order valence-electron chi connectivity index (χ2n) is 4.81. The molecule has 1 aliphatic carbocycles. The van der Waals surface area contributed by atoms with E-state index in [0.717, 1.165) is 0 Å². The van der Waals surface area contributed by atoms with Gasteiger partial charge in [0.05, 0.1) is 6.04 Å². The van der Waals surface area contributed by atoms with Crippen LogP contribution in [0.4, 0.5) is 4.79 Å². The minimum Gasteiger partial charge on any atom is -0.385 e. The fourth-order valence-electron chi connectivity index (χ4n) is 2.78. The lowest BCUT2D eigenvalue weighted by atomic mass is 9.96. The maximum absolute atomic E-state index is 11.7. The van der Waals surface area contributed by atoms with Gasteiger partial charge in [-0.3, -0.25) is 0 Å².